The van der Waals surface area contributed by atoms with Crippen molar-refractivity contribution in [3.63, 3.8) is 0 Å². The van der Waals surface area contributed by atoms with Crippen LogP contribution in [0.5, 0.6) is 0 Å². The average Bonchev–Trinajstić information content (AvgIpc) is 2.45. The first-order chi connectivity index (χ1) is 9.82. The number of carbonyl (C=O) groups is 1. The minimum atomic E-state index is -3.89. The summed E-state index contributed by atoms with van der Waals surface area (Å²) in [7, 11) is -3.89. The van der Waals surface area contributed by atoms with Gasteiger partial charge >= 0.3 is 0 Å². The summed E-state index contributed by atoms with van der Waals surface area (Å²) in [5.74, 6) is -0.186. The number of primary sulfonamides is 1. The van der Waals surface area contributed by atoms with E-state index in [1.165, 1.54) is 18.2 Å². The molecule has 0 aromatic heterocycles. The van der Waals surface area contributed by atoms with Crippen molar-refractivity contribution < 1.29 is 13.2 Å². The van der Waals surface area contributed by atoms with E-state index >= 15 is 0 Å². The van der Waals surface area contributed by atoms with E-state index in [4.69, 9.17) is 16.7 Å². The number of piperidine rings is 1. The Balaban J connectivity index is 2.37. The van der Waals surface area contributed by atoms with E-state index in [1.807, 2.05) is 11.8 Å². The third-order valence-electron chi connectivity index (χ3n) is 3.81. The summed E-state index contributed by atoms with van der Waals surface area (Å²) in [6.07, 6.45) is 3.93. The molecular formula is C14H19ClN2O3S. The predicted molar refractivity (Wildman–Crippen MR) is 81.8 cm³/mol. The number of hydrogen-bond acceptors (Lipinski definition) is 3. The van der Waals surface area contributed by atoms with E-state index in [9.17, 15) is 13.2 Å². The van der Waals surface area contributed by atoms with Crippen LogP contribution in [0.15, 0.2) is 23.1 Å². The van der Waals surface area contributed by atoms with E-state index in [0.717, 1.165) is 25.7 Å². The van der Waals surface area contributed by atoms with Crippen LogP contribution in [0.25, 0.3) is 0 Å². The number of rotatable bonds is 3. The van der Waals surface area contributed by atoms with Gasteiger partial charge in [0, 0.05) is 23.2 Å². The lowest BCUT2D eigenvalue weighted by Crippen LogP contribution is -2.43. The first kappa shape index (κ1) is 16.3. The van der Waals surface area contributed by atoms with E-state index < -0.39 is 10.0 Å². The first-order valence-electron chi connectivity index (χ1n) is 6.97. The Morgan fingerprint density at radius 3 is 2.71 bits per heavy atom. The summed E-state index contributed by atoms with van der Waals surface area (Å²) in [6, 6.07) is 4.23. The van der Waals surface area contributed by atoms with Crippen LogP contribution in [0.1, 0.15) is 43.0 Å². The zero-order valence-electron chi connectivity index (χ0n) is 11.9. The van der Waals surface area contributed by atoms with E-state index in [2.05, 4.69) is 0 Å². The van der Waals surface area contributed by atoms with Crippen molar-refractivity contribution in [2.75, 3.05) is 6.54 Å². The molecule has 0 radical (unpaired) electrons. The highest BCUT2D eigenvalue weighted by molar-refractivity contribution is 7.89. The summed E-state index contributed by atoms with van der Waals surface area (Å²) in [6.45, 7) is 2.73. The summed E-state index contributed by atoms with van der Waals surface area (Å²) in [5, 5.41) is 5.31. The SMILES string of the molecule is CCC1CCCCN1C(=O)c1cc(Cl)cc(S(N)(=O)=O)c1. The monoisotopic (exact) mass is 330 g/mol. The minimum Gasteiger partial charge on any atom is -0.336 e. The van der Waals surface area contributed by atoms with Gasteiger partial charge in [-0.1, -0.05) is 18.5 Å². The van der Waals surface area contributed by atoms with Crippen LogP contribution in [0.3, 0.4) is 0 Å². The Labute approximate surface area is 130 Å². The molecule has 116 valence electrons. The highest BCUT2D eigenvalue weighted by atomic mass is 35.5. The van der Waals surface area contributed by atoms with Crippen molar-refractivity contribution in [3.8, 4) is 0 Å². The zero-order valence-corrected chi connectivity index (χ0v) is 13.5. The molecule has 2 rings (SSSR count). The molecule has 0 saturated carbocycles. The highest BCUT2D eigenvalue weighted by Gasteiger charge is 2.27. The Hall–Kier alpha value is -1.11. The topological polar surface area (TPSA) is 80.5 Å². The average molecular weight is 331 g/mol. The Bertz CT molecular complexity index is 646. The molecule has 0 bridgehead atoms. The van der Waals surface area contributed by atoms with E-state index in [0.29, 0.717) is 6.54 Å². The van der Waals surface area contributed by atoms with E-state index in [1.54, 1.807) is 0 Å². The van der Waals surface area contributed by atoms with Crippen molar-refractivity contribution in [2.24, 2.45) is 5.14 Å². The number of hydrogen-bond donors (Lipinski definition) is 1. The zero-order chi connectivity index (χ0) is 15.6. The van der Waals surface area contributed by atoms with Gasteiger partial charge in [-0.15, -0.1) is 0 Å². The van der Waals surface area contributed by atoms with Gasteiger partial charge in [-0.3, -0.25) is 4.79 Å². The number of carbonyl (C=O) groups excluding carboxylic acids is 1. The second-order valence-electron chi connectivity index (χ2n) is 5.28. The molecule has 1 amide bonds. The number of amides is 1. The third kappa shape index (κ3) is 3.75. The lowest BCUT2D eigenvalue weighted by molar-refractivity contribution is 0.0608. The van der Waals surface area contributed by atoms with Crippen molar-refractivity contribution in [1.82, 2.24) is 4.90 Å². The molecule has 1 fully saturated rings. The molecule has 1 aliphatic heterocycles. The molecule has 5 nitrogen and oxygen atoms in total. The maximum absolute atomic E-state index is 12.6. The second kappa shape index (κ2) is 6.34. The van der Waals surface area contributed by atoms with Gasteiger partial charge in [0.2, 0.25) is 10.0 Å². The van der Waals surface area contributed by atoms with Gasteiger partial charge in [0.05, 0.1) is 4.90 Å². The summed E-state index contributed by atoms with van der Waals surface area (Å²) in [4.78, 5) is 14.3. The van der Waals surface area contributed by atoms with Crippen LogP contribution in [-0.2, 0) is 10.0 Å². The van der Waals surface area contributed by atoms with Gasteiger partial charge in [0.1, 0.15) is 0 Å². The third-order valence-corrected chi connectivity index (χ3v) is 4.92. The summed E-state index contributed by atoms with van der Waals surface area (Å²) >= 11 is 5.92. The fourth-order valence-corrected chi connectivity index (χ4v) is 3.59. The number of nitrogens with zero attached hydrogens (tertiary/aromatic N) is 1. The van der Waals surface area contributed by atoms with Gasteiger partial charge in [-0.25, -0.2) is 13.6 Å². The number of nitrogens with two attached hydrogens (primary N) is 1. The smallest absolute Gasteiger partial charge is 0.254 e. The first-order valence-corrected chi connectivity index (χ1v) is 8.89. The number of likely N-dealkylation sites (tertiary alicyclic amines) is 1. The fourth-order valence-electron chi connectivity index (χ4n) is 2.71. The summed E-state index contributed by atoms with van der Waals surface area (Å²) < 4.78 is 22.9. The largest absolute Gasteiger partial charge is 0.336 e. The molecule has 1 atom stereocenters. The maximum Gasteiger partial charge on any atom is 0.254 e. The predicted octanol–water partition coefficient (Wildman–Crippen LogP) is 2.39. The van der Waals surface area contributed by atoms with Crippen molar-refractivity contribution >= 4 is 27.5 Å². The fraction of sp³-hybridized carbons (Fsp3) is 0.500. The highest BCUT2D eigenvalue weighted by Crippen LogP contribution is 2.24. The molecule has 2 N–H and O–H groups in total. The molecule has 1 aliphatic rings. The molecule has 1 unspecified atom stereocenters. The minimum absolute atomic E-state index is 0.136. The second-order valence-corrected chi connectivity index (χ2v) is 7.27. The molecule has 0 spiro atoms. The maximum atomic E-state index is 12.6. The van der Waals surface area contributed by atoms with Crippen LogP contribution in [0, 0.1) is 0 Å². The molecular weight excluding hydrogens is 312 g/mol. The number of benzene rings is 1. The standard InChI is InChI=1S/C14H19ClN2O3S/c1-2-12-5-3-4-6-17(12)14(18)10-7-11(15)9-13(8-10)21(16,19)20/h7-9,12H,2-6H2,1H3,(H2,16,19,20). The quantitative estimate of drug-likeness (QED) is 0.924. The van der Waals surface area contributed by atoms with Crippen LogP contribution in [0.4, 0.5) is 0 Å². The summed E-state index contributed by atoms with van der Waals surface area (Å²) in [5.41, 5.74) is 0.270. The molecule has 1 aromatic rings. The van der Waals surface area contributed by atoms with Crippen LogP contribution in [0.2, 0.25) is 5.02 Å². The van der Waals surface area contributed by atoms with Crippen LogP contribution < -0.4 is 5.14 Å². The normalized spacial score (nSPS) is 19.6. The molecule has 0 aliphatic carbocycles. The van der Waals surface area contributed by atoms with E-state index in [-0.39, 0.29) is 27.4 Å². The number of sulfonamides is 1. The van der Waals surface area contributed by atoms with Crippen molar-refractivity contribution in [2.45, 2.75) is 43.5 Å². The van der Waals surface area contributed by atoms with Gasteiger partial charge in [0.15, 0.2) is 0 Å². The van der Waals surface area contributed by atoms with Gasteiger partial charge < -0.3 is 4.90 Å². The Kier molecular flexibility index (Phi) is 4.91. The molecule has 1 heterocycles. The molecule has 1 saturated heterocycles. The van der Waals surface area contributed by atoms with Gasteiger partial charge in [-0.05, 0) is 43.9 Å². The molecule has 1 aromatic carbocycles. The lowest BCUT2D eigenvalue weighted by atomic mass is 9.99. The molecule has 7 heteroatoms. The van der Waals surface area contributed by atoms with Gasteiger partial charge in [0.25, 0.3) is 5.91 Å². The van der Waals surface area contributed by atoms with Gasteiger partial charge in [-0.2, -0.15) is 0 Å². The number of halogens is 1. The lowest BCUT2D eigenvalue weighted by Gasteiger charge is -2.35. The Morgan fingerprint density at radius 2 is 2.10 bits per heavy atom. The van der Waals surface area contributed by atoms with Crippen molar-refractivity contribution in [1.29, 1.82) is 0 Å². The van der Waals surface area contributed by atoms with Crippen LogP contribution in [-0.4, -0.2) is 31.8 Å². The Morgan fingerprint density at radius 1 is 1.38 bits per heavy atom. The molecule has 21 heavy (non-hydrogen) atoms. The van der Waals surface area contributed by atoms with Crippen molar-refractivity contribution in [3.05, 3.63) is 28.8 Å². The van der Waals surface area contributed by atoms with Crippen LogP contribution >= 0.6 is 11.6 Å².